The molecule has 0 saturated heterocycles. The highest BCUT2D eigenvalue weighted by Crippen LogP contribution is 2.24. The van der Waals surface area contributed by atoms with E-state index in [1.165, 1.54) is 11.3 Å². The summed E-state index contributed by atoms with van der Waals surface area (Å²) in [7, 11) is 0. The second-order valence-electron chi connectivity index (χ2n) is 4.33. The number of benzene rings is 2. The summed E-state index contributed by atoms with van der Waals surface area (Å²) in [5, 5.41) is 7.67. The molecule has 0 bridgehead atoms. The minimum atomic E-state index is 0.715. The largest absolute Gasteiger partial charge is 0.253 e. The fourth-order valence-electron chi connectivity index (χ4n) is 1.78. The van der Waals surface area contributed by atoms with E-state index in [-0.39, 0.29) is 0 Å². The van der Waals surface area contributed by atoms with Crippen LogP contribution < -0.4 is 5.43 Å². The van der Waals surface area contributed by atoms with Gasteiger partial charge in [0.1, 0.15) is 0 Å². The highest BCUT2D eigenvalue weighted by atomic mass is 35.5. The van der Waals surface area contributed by atoms with Crippen molar-refractivity contribution in [2.24, 2.45) is 5.10 Å². The van der Waals surface area contributed by atoms with Crippen LogP contribution in [0.4, 0.5) is 5.13 Å². The maximum absolute atomic E-state index is 5.83. The predicted octanol–water partition coefficient (Wildman–Crippen LogP) is 4.91. The van der Waals surface area contributed by atoms with Crippen LogP contribution in [0.15, 0.2) is 65.1 Å². The Kier molecular flexibility index (Phi) is 4.28. The van der Waals surface area contributed by atoms with Gasteiger partial charge < -0.3 is 0 Å². The molecule has 5 heteroatoms. The number of aromatic nitrogens is 1. The topological polar surface area (TPSA) is 37.3 Å². The third-order valence-electron chi connectivity index (χ3n) is 2.82. The molecule has 3 aromatic rings. The summed E-state index contributed by atoms with van der Waals surface area (Å²) in [6.07, 6.45) is 1.74. The van der Waals surface area contributed by atoms with Gasteiger partial charge >= 0.3 is 0 Å². The predicted molar refractivity (Wildman–Crippen MR) is 90.2 cm³/mol. The highest BCUT2D eigenvalue weighted by molar-refractivity contribution is 7.14. The lowest BCUT2D eigenvalue weighted by molar-refractivity contribution is 1.29. The summed E-state index contributed by atoms with van der Waals surface area (Å²) < 4.78 is 0. The average Bonchev–Trinajstić information content (AvgIpc) is 2.99. The Morgan fingerprint density at radius 1 is 1.05 bits per heavy atom. The van der Waals surface area contributed by atoms with E-state index in [2.05, 4.69) is 15.5 Å². The number of rotatable bonds is 4. The number of nitrogens with zero attached hydrogens (tertiary/aromatic N) is 2. The molecule has 0 radical (unpaired) electrons. The Hall–Kier alpha value is -2.17. The average molecular weight is 314 g/mol. The van der Waals surface area contributed by atoms with Crippen molar-refractivity contribution in [3.63, 3.8) is 0 Å². The third kappa shape index (κ3) is 3.68. The Morgan fingerprint density at radius 2 is 1.81 bits per heavy atom. The number of halogens is 1. The van der Waals surface area contributed by atoms with Crippen LogP contribution in [-0.2, 0) is 0 Å². The molecule has 0 aliphatic rings. The molecule has 0 aliphatic heterocycles. The normalized spacial score (nSPS) is 10.9. The zero-order valence-corrected chi connectivity index (χ0v) is 12.6. The Morgan fingerprint density at radius 3 is 2.57 bits per heavy atom. The van der Waals surface area contributed by atoms with Gasteiger partial charge in [0.15, 0.2) is 0 Å². The van der Waals surface area contributed by atoms with E-state index >= 15 is 0 Å². The van der Waals surface area contributed by atoms with Gasteiger partial charge in [0.2, 0.25) is 5.13 Å². The minimum Gasteiger partial charge on any atom is -0.253 e. The first-order chi connectivity index (χ1) is 10.3. The van der Waals surface area contributed by atoms with Gasteiger partial charge in [-0.15, -0.1) is 11.3 Å². The molecule has 0 spiro atoms. The summed E-state index contributed by atoms with van der Waals surface area (Å²) >= 11 is 7.36. The first-order valence-electron chi connectivity index (χ1n) is 6.37. The molecule has 1 heterocycles. The summed E-state index contributed by atoms with van der Waals surface area (Å²) in [5.74, 6) is 0. The van der Waals surface area contributed by atoms with Crippen LogP contribution in [0.3, 0.4) is 0 Å². The molecule has 2 aromatic carbocycles. The second kappa shape index (κ2) is 6.52. The number of nitrogens with one attached hydrogen (secondary N) is 1. The standard InChI is InChI=1S/C16H12ClN3S/c17-14-8-6-12(7-9-14)10-18-20-16-19-15(11-21-16)13-4-2-1-3-5-13/h1-11H,(H,19,20). The van der Waals surface area contributed by atoms with E-state index in [1.807, 2.05) is 60.0 Å². The summed E-state index contributed by atoms with van der Waals surface area (Å²) in [5.41, 5.74) is 5.97. The zero-order valence-electron chi connectivity index (χ0n) is 11.0. The van der Waals surface area contributed by atoms with Crippen LogP contribution in [0.25, 0.3) is 11.3 Å². The van der Waals surface area contributed by atoms with Crippen LogP contribution in [0, 0.1) is 0 Å². The van der Waals surface area contributed by atoms with Crippen molar-refractivity contribution >= 4 is 34.3 Å². The van der Waals surface area contributed by atoms with Gasteiger partial charge in [-0.1, -0.05) is 54.1 Å². The monoisotopic (exact) mass is 313 g/mol. The number of thiazole rings is 1. The summed E-state index contributed by atoms with van der Waals surface area (Å²) in [6.45, 7) is 0. The van der Waals surface area contributed by atoms with E-state index in [0.717, 1.165) is 22.0 Å². The number of hydrogen-bond acceptors (Lipinski definition) is 4. The first kappa shape index (κ1) is 13.8. The van der Waals surface area contributed by atoms with E-state index in [4.69, 9.17) is 11.6 Å². The fraction of sp³-hybridized carbons (Fsp3) is 0. The number of anilines is 1. The molecule has 0 amide bonds. The molecular formula is C16H12ClN3S. The highest BCUT2D eigenvalue weighted by Gasteiger charge is 2.02. The van der Waals surface area contributed by atoms with Crippen LogP contribution in [0.5, 0.6) is 0 Å². The van der Waals surface area contributed by atoms with E-state index < -0.39 is 0 Å². The Balaban J connectivity index is 1.66. The maximum atomic E-state index is 5.83. The molecular weight excluding hydrogens is 302 g/mol. The van der Waals surface area contributed by atoms with Gasteiger partial charge in [-0.05, 0) is 17.7 Å². The fourth-order valence-corrected chi connectivity index (χ4v) is 2.57. The van der Waals surface area contributed by atoms with Crippen molar-refractivity contribution < 1.29 is 0 Å². The molecule has 0 unspecified atom stereocenters. The third-order valence-corrected chi connectivity index (χ3v) is 3.82. The van der Waals surface area contributed by atoms with Gasteiger partial charge in [0.05, 0.1) is 11.9 Å². The van der Waals surface area contributed by atoms with Gasteiger partial charge in [0, 0.05) is 16.0 Å². The SMILES string of the molecule is Clc1ccc(C=NNc2nc(-c3ccccc3)cs2)cc1. The van der Waals surface area contributed by atoms with Crippen molar-refractivity contribution in [2.45, 2.75) is 0 Å². The minimum absolute atomic E-state index is 0.715. The molecule has 1 N–H and O–H groups in total. The molecule has 104 valence electrons. The first-order valence-corrected chi connectivity index (χ1v) is 7.62. The molecule has 3 nitrogen and oxygen atoms in total. The van der Waals surface area contributed by atoms with Crippen molar-refractivity contribution in [3.8, 4) is 11.3 Å². The smallest absolute Gasteiger partial charge is 0.203 e. The van der Waals surface area contributed by atoms with Gasteiger partial charge in [-0.3, -0.25) is 5.43 Å². The molecule has 0 fully saturated rings. The lowest BCUT2D eigenvalue weighted by atomic mass is 10.2. The Labute approximate surface area is 131 Å². The van der Waals surface area contributed by atoms with Gasteiger partial charge in [-0.2, -0.15) is 5.10 Å². The van der Waals surface area contributed by atoms with Gasteiger partial charge in [0.25, 0.3) is 0 Å². The van der Waals surface area contributed by atoms with Crippen molar-refractivity contribution in [2.75, 3.05) is 5.43 Å². The Bertz CT molecular complexity index is 736. The van der Waals surface area contributed by atoms with Crippen LogP contribution >= 0.6 is 22.9 Å². The number of hydrogen-bond donors (Lipinski definition) is 1. The van der Waals surface area contributed by atoms with Crippen molar-refractivity contribution in [1.82, 2.24) is 4.98 Å². The molecule has 21 heavy (non-hydrogen) atoms. The quantitative estimate of drug-likeness (QED) is 0.549. The maximum Gasteiger partial charge on any atom is 0.203 e. The van der Waals surface area contributed by atoms with Crippen molar-refractivity contribution in [3.05, 3.63) is 70.6 Å². The number of hydrazone groups is 1. The van der Waals surface area contributed by atoms with E-state index in [1.54, 1.807) is 6.21 Å². The van der Waals surface area contributed by atoms with E-state index in [9.17, 15) is 0 Å². The molecule has 0 saturated carbocycles. The molecule has 0 aliphatic carbocycles. The van der Waals surface area contributed by atoms with Crippen LogP contribution in [0.2, 0.25) is 5.02 Å². The second-order valence-corrected chi connectivity index (χ2v) is 5.62. The summed E-state index contributed by atoms with van der Waals surface area (Å²) in [6, 6.07) is 17.5. The van der Waals surface area contributed by atoms with Crippen molar-refractivity contribution in [1.29, 1.82) is 0 Å². The van der Waals surface area contributed by atoms with Crippen LogP contribution in [-0.4, -0.2) is 11.2 Å². The molecule has 1 aromatic heterocycles. The van der Waals surface area contributed by atoms with Crippen LogP contribution in [0.1, 0.15) is 5.56 Å². The zero-order chi connectivity index (χ0) is 14.5. The lowest BCUT2D eigenvalue weighted by Gasteiger charge is -1.96. The van der Waals surface area contributed by atoms with Gasteiger partial charge in [-0.25, -0.2) is 4.98 Å². The molecule has 0 atom stereocenters. The summed E-state index contributed by atoms with van der Waals surface area (Å²) in [4.78, 5) is 4.50. The molecule has 3 rings (SSSR count). The lowest BCUT2D eigenvalue weighted by Crippen LogP contribution is -1.90. The van der Waals surface area contributed by atoms with E-state index in [0.29, 0.717) is 5.02 Å².